The second kappa shape index (κ2) is 6.43. The van der Waals surface area contributed by atoms with Crippen LogP contribution in [-0.4, -0.2) is 11.5 Å². The fourth-order valence-electron chi connectivity index (χ4n) is 2.10. The van der Waals surface area contributed by atoms with Crippen LogP contribution in [0.4, 0.5) is 4.39 Å². The van der Waals surface area contributed by atoms with Gasteiger partial charge in [-0.05, 0) is 49.2 Å². The number of benzene rings is 1. The predicted octanol–water partition coefficient (Wildman–Crippen LogP) is 3.42. The molecule has 0 bridgehead atoms. The molecule has 1 aromatic heterocycles. The minimum absolute atomic E-state index is 0.194. The number of pyridine rings is 1. The lowest BCUT2D eigenvalue weighted by Gasteiger charge is -2.18. The van der Waals surface area contributed by atoms with E-state index in [1.165, 1.54) is 12.1 Å². The topological polar surface area (TPSA) is 24.9 Å². The first-order valence-corrected chi connectivity index (χ1v) is 6.59. The van der Waals surface area contributed by atoms with Crippen molar-refractivity contribution in [1.29, 1.82) is 0 Å². The van der Waals surface area contributed by atoms with Crippen molar-refractivity contribution in [3.05, 3.63) is 65.2 Å². The van der Waals surface area contributed by atoms with Crippen LogP contribution in [0.2, 0.25) is 0 Å². The third-order valence-electron chi connectivity index (χ3n) is 3.14. The summed E-state index contributed by atoms with van der Waals surface area (Å²) < 4.78 is 12.9. The predicted molar refractivity (Wildman–Crippen MR) is 75.5 cm³/mol. The van der Waals surface area contributed by atoms with Crippen LogP contribution >= 0.6 is 0 Å². The highest BCUT2D eigenvalue weighted by Crippen LogP contribution is 2.18. The lowest BCUT2D eigenvalue weighted by molar-refractivity contribution is 0.547. The number of nitrogens with zero attached hydrogens (tertiary/aromatic N) is 1. The van der Waals surface area contributed by atoms with E-state index in [1.807, 2.05) is 31.3 Å². The summed E-state index contributed by atoms with van der Waals surface area (Å²) in [5, 5.41) is 3.45. The largest absolute Gasteiger partial charge is 0.310 e. The SMILES string of the molecule is CCNC(Cc1ccc(F)cc1)c1ccc(C)nc1. The zero-order chi connectivity index (χ0) is 13.7. The van der Waals surface area contributed by atoms with Gasteiger partial charge in [0.1, 0.15) is 5.82 Å². The molecule has 3 heteroatoms. The Morgan fingerprint density at radius 2 is 1.89 bits per heavy atom. The molecule has 1 heterocycles. The Labute approximate surface area is 113 Å². The van der Waals surface area contributed by atoms with E-state index in [1.54, 1.807) is 0 Å². The van der Waals surface area contributed by atoms with E-state index < -0.39 is 0 Å². The summed E-state index contributed by atoms with van der Waals surface area (Å²) in [4.78, 5) is 4.34. The summed E-state index contributed by atoms with van der Waals surface area (Å²) in [7, 11) is 0. The molecule has 0 fully saturated rings. The van der Waals surface area contributed by atoms with Crippen molar-refractivity contribution in [2.45, 2.75) is 26.3 Å². The second-order valence-corrected chi connectivity index (χ2v) is 4.67. The van der Waals surface area contributed by atoms with Crippen molar-refractivity contribution >= 4 is 0 Å². The van der Waals surface area contributed by atoms with Crippen LogP contribution in [0, 0.1) is 12.7 Å². The lowest BCUT2D eigenvalue weighted by Crippen LogP contribution is -2.23. The summed E-state index contributed by atoms with van der Waals surface area (Å²) in [5.74, 6) is -0.194. The van der Waals surface area contributed by atoms with Crippen molar-refractivity contribution < 1.29 is 4.39 Å². The first-order chi connectivity index (χ1) is 9.19. The fraction of sp³-hybridized carbons (Fsp3) is 0.312. The molecule has 2 aromatic rings. The molecule has 2 rings (SSSR count). The van der Waals surface area contributed by atoms with E-state index in [0.717, 1.165) is 29.8 Å². The van der Waals surface area contributed by atoms with Gasteiger partial charge in [-0.3, -0.25) is 4.98 Å². The molecule has 19 heavy (non-hydrogen) atoms. The van der Waals surface area contributed by atoms with E-state index in [-0.39, 0.29) is 11.9 Å². The third kappa shape index (κ3) is 3.86. The van der Waals surface area contributed by atoms with Crippen molar-refractivity contribution in [2.75, 3.05) is 6.54 Å². The normalized spacial score (nSPS) is 12.4. The maximum atomic E-state index is 12.9. The second-order valence-electron chi connectivity index (χ2n) is 4.67. The highest BCUT2D eigenvalue weighted by Gasteiger charge is 2.11. The molecule has 0 spiro atoms. The molecule has 1 N–H and O–H groups in total. The standard InChI is InChI=1S/C16H19FN2/c1-3-18-16(14-7-4-12(2)19-11-14)10-13-5-8-15(17)9-6-13/h4-9,11,16,18H,3,10H2,1-2H3. The molecule has 0 radical (unpaired) electrons. The van der Waals surface area contributed by atoms with Gasteiger partial charge in [-0.2, -0.15) is 0 Å². The summed E-state index contributed by atoms with van der Waals surface area (Å²) in [6.07, 6.45) is 2.74. The van der Waals surface area contributed by atoms with Crippen molar-refractivity contribution in [3.8, 4) is 0 Å². The molecule has 0 amide bonds. The molecule has 1 unspecified atom stereocenters. The summed E-state index contributed by atoms with van der Waals surface area (Å²) in [6.45, 7) is 4.95. The molecule has 2 nitrogen and oxygen atoms in total. The quantitative estimate of drug-likeness (QED) is 0.888. The van der Waals surface area contributed by atoms with E-state index >= 15 is 0 Å². The van der Waals surface area contributed by atoms with Gasteiger partial charge in [-0.25, -0.2) is 4.39 Å². The fourth-order valence-corrected chi connectivity index (χ4v) is 2.10. The van der Waals surface area contributed by atoms with Crippen LogP contribution < -0.4 is 5.32 Å². The Hall–Kier alpha value is -1.74. The number of likely N-dealkylation sites (N-methyl/N-ethyl adjacent to an activating group) is 1. The minimum Gasteiger partial charge on any atom is -0.310 e. The molecule has 1 atom stereocenters. The highest BCUT2D eigenvalue weighted by atomic mass is 19.1. The Balaban J connectivity index is 2.15. The monoisotopic (exact) mass is 258 g/mol. The summed E-state index contributed by atoms with van der Waals surface area (Å²) in [5.41, 5.74) is 3.30. The maximum Gasteiger partial charge on any atom is 0.123 e. The summed E-state index contributed by atoms with van der Waals surface area (Å²) >= 11 is 0. The molecule has 0 saturated carbocycles. The molecular formula is C16H19FN2. The Morgan fingerprint density at radius 1 is 1.16 bits per heavy atom. The van der Waals surface area contributed by atoms with Gasteiger partial charge in [-0.1, -0.05) is 25.1 Å². The van der Waals surface area contributed by atoms with Crippen molar-refractivity contribution in [1.82, 2.24) is 10.3 Å². The number of aromatic nitrogens is 1. The van der Waals surface area contributed by atoms with E-state index in [2.05, 4.69) is 23.3 Å². The first kappa shape index (κ1) is 13.7. The molecular weight excluding hydrogens is 239 g/mol. The van der Waals surface area contributed by atoms with E-state index in [9.17, 15) is 4.39 Å². The summed E-state index contributed by atoms with van der Waals surface area (Å²) in [6, 6.07) is 11.0. The smallest absolute Gasteiger partial charge is 0.123 e. The van der Waals surface area contributed by atoms with Gasteiger partial charge in [0.05, 0.1) is 0 Å². The number of hydrogen-bond acceptors (Lipinski definition) is 2. The first-order valence-electron chi connectivity index (χ1n) is 6.59. The maximum absolute atomic E-state index is 12.9. The van der Waals surface area contributed by atoms with Crippen LogP contribution in [0.15, 0.2) is 42.6 Å². The van der Waals surface area contributed by atoms with Crippen molar-refractivity contribution in [2.24, 2.45) is 0 Å². The third-order valence-corrected chi connectivity index (χ3v) is 3.14. The van der Waals surface area contributed by atoms with Crippen LogP contribution in [0.25, 0.3) is 0 Å². The van der Waals surface area contributed by atoms with Gasteiger partial charge < -0.3 is 5.32 Å². The number of hydrogen-bond donors (Lipinski definition) is 1. The molecule has 0 aliphatic rings. The molecule has 0 aliphatic carbocycles. The minimum atomic E-state index is -0.194. The van der Waals surface area contributed by atoms with Gasteiger partial charge in [0.2, 0.25) is 0 Å². The van der Waals surface area contributed by atoms with Crippen LogP contribution in [0.5, 0.6) is 0 Å². The zero-order valence-corrected chi connectivity index (χ0v) is 11.4. The van der Waals surface area contributed by atoms with Gasteiger partial charge in [-0.15, -0.1) is 0 Å². The lowest BCUT2D eigenvalue weighted by atomic mass is 10.00. The van der Waals surface area contributed by atoms with Gasteiger partial charge >= 0.3 is 0 Å². The van der Waals surface area contributed by atoms with E-state index in [4.69, 9.17) is 0 Å². The van der Waals surface area contributed by atoms with Crippen LogP contribution in [-0.2, 0) is 6.42 Å². The Morgan fingerprint density at radius 3 is 2.47 bits per heavy atom. The Bertz CT molecular complexity index is 505. The number of nitrogens with one attached hydrogen (secondary N) is 1. The highest BCUT2D eigenvalue weighted by molar-refractivity contribution is 5.23. The molecule has 1 aromatic carbocycles. The number of aryl methyl sites for hydroxylation is 1. The zero-order valence-electron chi connectivity index (χ0n) is 11.4. The van der Waals surface area contributed by atoms with Gasteiger partial charge in [0, 0.05) is 17.9 Å². The van der Waals surface area contributed by atoms with Crippen molar-refractivity contribution in [3.63, 3.8) is 0 Å². The average Bonchev–Trinajstić information content (AvgIpc) is 2.42. The number of rotatable bonds is 5. The van der Waals surface area contributed by atoms with Gasteiger partial charge in [0.15, 0.2) is 0 Å². The molecule has 100 valence electrons. The molecule has 0 saturated heterocycles. The van der Waals surface area contributed by atoms with Crippen LogP contribution in [0.1, 0.15) is 29.8 Å². The van der Waals surface area contributed by atoms with Gasteiger partial charge in [0.25, 0.3) is 0 Å². The Kier molecular flexibility index (Phi) is 4.63. The van der Waals surface area contributed by atoms with Crippen LogP contribution in [0.3, 0.4) is 0 Å². The molecule has 0 aliphatic heterocycles. The van der Waals surface area contributed by atoms with E-state index in [0.29, 0.717) is 0 Å². The average molecular weight is 258 g/mol. The number of halogens is 1.